The van der Waals surface area contributed by atoms with Crippen molar-refractivity contribution < 1.29 is 14.3 Å². The molecule has 0 bridgehead atoms. The van der Waals surface area contributed by atoms with Crippen LogP contribution in [0.1, 0.15) is 21.6 Å². The molecule has 0 aliphatic rings. The number of nitrogens with one attached hydrogen (secondary N) is 1. The summed E-state index contributed by atoms with van der Waals surface area (Å²) in [7, 11) is 1.32. The third-order valence-electron chi connectivity index (χ3n) is 3.59. The Morgan fingerprint density at radius 3 is 2.65 bits per heavy atom. The van der Waals surface area contributed by atoms with Gasteiger partial charge in [-0.3, -0.25) is 14.6 Å². The standard InChI is InChI=1S/C17H13ClN2O3/c1-23-15(21)9-13-12-3-2-11(18)8-14(12)20-16(13)17(22)10-4-6-19-7-5-10/h2-8,20H,9H2,1H3. The van der Waals surface area contributed by atoms with E-state index >= 15 is 0 Å². The first-order valence-corrected chi connectivity index (χ1v) is 7.29. The van der Waals surface area contributed by atoms with E-state index in [1.54, 1.807) is 42.7 Å². The van der Waals surface area contributed by atoms with E-state index < -0.39 is 5.97 Å². The summed E-state index contributed by atoms with van der Waals surface area (Å²) >= 11 is 6.01. The number of hydrogen-bond acceptors (Lipinski definition) is 4. The fraction of sp³-hybridized carbons (Fsp3) is 0.118. The molecule has 3 aromatic rings. The van der Waals surface area contributed by atoms with Crippen molar-refractivity contribution in [1.29, 1.82) is 0 Å². The Morgan fingerprint density at radius 2 is 1.96 bits per heavy atom. The second-order valence-electron chi connectivity index (χ2n) is 4.99. The molecule has 0 aliphatic heterocycles. The lowest BCUT2D eigenvalue weighted by molar-refractivity contribution is -0.139. The molecule has 0 fully saturated rings. The fourth-order valence-electron chi connectivity index (χ4n) is 2.47. The van der Waals surface area contributed by atoms with Gasteiger partial charge in [-0.15, -0.1) is 0 Å². The van der Waals surface area contributed by atoms with Crippen molar-refractivity contribution in [1.82, 2.24) is 9.97 Å². The molecule has 0 unspecified atom stereocenters. The average Bonchev–Trinajstić information content (AvgIpc) is 2.92. The summed E-state index contributed by atoms with van der Waals surface area (Å²) in [6, 6.07) is 8.49. The van der Waals surface area contributed by atoms with Crippen molar-refractivity contribution in [3.63, 3.8) is 0 Å². The zero-order valence-corrected chi connectivity index (χ0v) is 13.1. The van der Waals surface area contributed by atoms with E-state index in [1.807, 2.05) is 0 Å². The van der Waals surface area contributed by atoms with Crippen LogP contribution in [0.2, 0.25) is 5.02 Å². The highest BCUT2D eigenvalue weighted by atomic mass is 35.5. The zero-order valence-electron chi connectivity index (χ0n) is 12.3. The summed E-state index contributed by atoms with van der Waals surface area (Å²) in [4.78, 5) is 31.4. The van der Waals surface area contributed by atoms with Gasteiger partial charge < -0.3 is 9.72 Å². The van der Waals surface area contributed by atoms with Crippen LogP contribution in [0.5, 0.6) is 0 Å². The normalized spacial score (nSPS) is 10.7. The maximum Gasteiger partial charge on any atom is 0.310 e. The molecule has 1 N–H and O–H groups in total. The molecule has 0 atom stereocenters. The fourth-order valence-corrected chi connectivity index (χ4v) is 2.64. The van der Waals surface area contributed by atoms with E-state index in [-0.39, 0.29) is 12.2 Å². The molecular weight excluding hydrogens is 316 g/mol. The SMILES string of the molecule is COC(=O)Cc1c(C(=O)c2ccncc2)[nH]c2cc(Cl)ccc12. The number of hydrogen-bond donors (Lipinski definition) is 1. The van der Waals surface area contributed by atoms with Crippen LogP contribution >= 0.6 is 11.6 Å². The number of rotatable bonds is 4. The molecule has 6 heteroatoms. The molecule has 23 heavy (non-hydrogen) atoms. The van der Waals surface area contributed by atoms with Crippen molar-refractivity contribution in [2.45, 2.75) is 6.42 Å². The predicted octanol–water partition coefficient (Wildman–Crippen LogP) is 3.16. The van der Waals surface area contributed by atoms with Crippen LogP contribution in [0, 0.1) is 0 Å². The highest BCUT2D eigenvalue weighted by Gasteiger charge is 2.21. The minimum atomic E-state index is -0.412. The second kappa shape index (κ2) is 6.22. The Kier molecular flexibility index (Phi) is 4.12. The minimum Gasteiger partial charge on any atom is -0.469 e. The van der Waals surface area contributed by atoms with Crippen LogP contribution < -0.4 is 0 Å². The molecule has 2 aromatic heterocycles. The molecule has 116 valence electrons. The van der Waals surface area contributed by atoms with E-state index in [4.69, 9.17) is 16.3 Å². The number of carbonyl (C=O) groups excluding carboxylic acids is 2. The van der Waals surface area contributed by atoms with E-state index in [0.717, 1.165) is 5.39 Å². The molecule has 0 amide bonds. The summed E-state index contributed by atoms with van der Waals surface area (Å²) in [5.41, 5.74) is 2.15. The summed E-state index contributed by atoms with van der Waals surface area (Å²) in [6.07, 6.45) is 3.10. The molecule has 0 saturated heterocycles. The smallest absolute Gasteiger partial charge is 0.310 e. The molecule has 2 heterocycles. The van der Waals surface area contributed by atoms with Gasteiger partial charge in [0.2, 0.25) is 5.78 Å². The first-order valence-electron chi connectivity index (χ1n) is 6.92. The predicted molar refractivity (Wildman–Crippen MR) is 86.7 cm³/mol. The number of nitrogens with zero attached hydrogens (tertiary/aromatic N) is 1. The van der Waals surface area contributed by atoms with E-state index in [9.17, 15) is 9.59 Å². The number of benzene rings is 1. The molecule has 0 spiro atoms. The maximum atomic E-state index is 12.7. The number of ether oxygens (including phenoxy) is 1. The minimum absolute atomic E-state index is 0.00426. The van der Waals surface area contributed by atoms with Crippen molar-refractivity contribution >= 4 is 34.3 Å². The number of esters is 1. The monoisotopic (exact) mass is 328 g/mol. The van der Waals surface area contributed by atoms with Crippen molar-refractivity contribution in [3.05, 3.63) is 64.6 Å². The molecule has 5 nitrogen and oxygen atoms in total. The average molecular weight is 329 g/mol. The number of halogens is 1. The van der Waals surface area contributed by atoms with Crippen LogP contribution in [0.15, 0.2) is 42.7 Å². The lowest BCUT2D eigenvalue weighted by atomic mass is 10.0. The first kappa shape index (κ1) is 15.2. The van der Waals surface area contributed by atoms with Crippen LogP contribution in [0.25, 0.3) is 10.9 Å². The van der Waals surface area contributed by atoms with Gasteiger partial charge in [0.15, 0.2) is 0 Å². The lowest BCUT2D eigenvalue weighted by Gasteiger charge is -2.03. The van der Waals surface area contributed by atoms with Gasteiger partial charge in [-0.2, -0.15) is 0 Å². The first-order chi connectivity index (χ1) is 11.1. The number of carbonyl (C=O) groups is 2. The zero-order chi connectivity index (χ0) is 16.4. The second-order valence-corrected chi connectivity index (χ2v) is 5.42. The van der Waals surface area contributed by atoms with Gasteiger partial charge in [-0.25, -0.2) is 0 Å². The summed E-state index contributed by atoms with van der Waals surface area (Å²) in [5, 5.41) is 1.32. The number of ketones is 1. The summed E-state index contributed by atoms with van der Waals surface area (Å²) < 4.78 is 4.74. The Labute approximate surface area is 137 Å². The molecule has 0 saturated carbocycles. The highest BCUT2D eigenvalue weighted by molar-refractivity contribution is 6.31. The lowest BCUT2D eigenvalue weighted by Crippen LogP contribution is -2.10. The topological polar surface area (TPSA) is 72.1 Å². The molecular formula is C17H13ClN2O3. The third kappa shape index (κ3) is 2.96. The van der Waals surface area contributed by atoms with Gasteiger partial charge in [0.1, 0.15) is 0 Å². The number of methoxy groups -OCH3 is 1. The van der Waals surface area contributed by atoms with E-state index in [0.29, 0.717) is 27.4 Å². The Hall–Kier alpha value is -2.66. The van der Waals surface area contributed by atoms with Crippen LogP contribution in [0.4, 0.5) is 0 Å². The molecule has 1 aromatic carbocycles. The van der Waals surface area contributed by atoms with E-state index in [1.165, 1.54) is 7.11 Å². The summed E-state index contributed by atoms with van der Waals surface area (Å²) in [6.45, 7) is 0. The Bertz CT molecular complexity index is 887. The van der Waals surface area contributed by atoms with Crippen LogP contribution in [0.3, 0.4) is 0 Å². The third-order valence-corrected chi connectivity index (χ3v) is 3.82. The van der Waals surface area contributed by atoms with E-state index in [2.05, 4.69) is 9.97 Å². The molecule has 3 rings (SSSR count). The highest BCUT2D eigenvalue weighted by Crippen LogP contribution is 2.27. The Balaban J connectivity index is 2.16. The van der Waals surface area contributed by atoms with Crippen LogP contribution in [-0.4, -0.2) is 28.8 Å². The van der Waals surface area contributed by atoms with Crippen molar-refractivity contribution in [2.75, 3.05) is 7.11 Å². The van der Waals surface area contributed by atoms with Gasteiger partial charge >= 0.3 is 5.97 Å². The summed E-state index contributed by atoms with van der Waals surface area (Å²) in [5.74, 6) is -0.622. The van der Waals surface area contributed by atoms with Crippen molar-refractivity contribution in [3.8, 4) is 0 Å². The number of fused-ring (bicyclic) bond motifs is 1. The van der Waals surface area contributed by atoms with Gasteiger partial charge in [-0.05, 0) is 24.3 Å². The molecule has 0 aliphatic carbocycles. The Morgan fingerprint density at radius 1 is 1.22 bits per heavy atom. The largest absolute Gasteiger partial charge is 0.469 e. The molecule has 0 radical (unpaired) electrons. The maximum absolute atomic E-state index is 12.7. The van der Waals surface area contributed by atoms with Gasteiger partial charge in [0.25, 0.3) is 0 Å². The van der Waals surface area contributed by atoms with Crippen LogP contribution in [-0.2, 0) is 16.0 Å². The van der Waals surface area contributed by atoms with Gasteiger partial charge in [0.05, 0.1) is 19.2 Å². The number of aromatic amines is 1. The quantitative estimate of drug-likeness (QED) is 0.590. The number of aromatic nitrogens is 2. The number of H-pyrrole nitrogens is 1. The number of pyridine rings is 1. The van der Waals surface area contributed by atoms with Gasteiger partial charge in [0, 0.05) is 39.4 Å². The van der Waals surface area contributed by atoms with Crippen molar-refractivity contribution in [2.24, 2.45) is 0 Å². The van der Waals surface area contributed by atoms with Gasteiger partial charge in [-0.1, -0.05) is 17.7 Å².